The van der Waals surface area contributed by atoms with Crippen molar-refractivity contribution >= 4 is 0 Å². The highest BCUT2D eigenvalue weighted by Crippen LogP contribution is 2.40. The number of benzene rings is 1. The summed E-state index contributed by atoms with van der Waals surface area (Å²) in [6.07, 6.45) is 4.28. The lowest BCUT2D eigenvalue weighted by Gasteiger charge is -2.33. The molecule has 0 amide bonds. The zero-order chi connectivity index (χ0) is 17.8. The van der Waals surface area contributed by atoms with Crippen LogP contribution in [0.3, 0.4) is 0 Å². The lowest BCUT2D eigenvalue weighted by molar-refractivity contribution is 0.195. The average Bonchev–Trinajstić information content (AvgIpc) is 3.07. The molecular formula is C19H27N3O3. The molecule has 6 heteroatoms. The van der Waals surface area contributed by atoms with Crippen LogP contribution >= 0.6 is 0 Å². The van der Waals surface area contributed by atoms with E-state index in [9.17, 15) is 0 Å². The minimum Gasteiger partial charge on any atom is -0.493 e. The van der Waals surface area contributed by atoms with Crippen molar-refractivity contribution < 1.29 is 14.2 Å². The van der Waals surface area contributed by atoms with E-state index >= 15 is 0 Å². The Morgan fingerprint density at radius 2 is 1.96 bits per heavy atom. The molecule has 1 fully saturated rings. The van der Waals surface area contributed by atoms with E-state index in [1.165, 1.54) is 24.1 Å². The molecule has 1 atom stereocenters. The molecule has 0 bridgehead atoms. The Morgan fingerprint density at radius 1 is 1.16 bits per heavy atom. The van der Waals surface area contributed by atoms with Gasteiger partial charge >= 0.3 is 0 Å². The van der Waals surface area contributed by atoms with E-state index in [-0.39, 0.29) is 0 Å². The average molecular weight is 345 g/mol. The van der Waals surface area contributed by atoms with E-state index in [1.807, 2.05) is 12.3 Å². The summed E-state index contributed by atoms with van der Waals surface area (Å²) in [5, 5.41) is 7.36. The molecule has 3 rings (SSSR count). The predicted molar refractivity (Wildman–Crippen MR) is 96.7 cm³/mol. The quantitative estimate of drug-likeness (QED) is 0.872. The smallest absolute Gasteiger partial charge is 0.203 e. The summed E-state index contributed by atoms with van der Waals surface area (Å²) >= 11 is 0. The molecule has 136 valence electrons. The maximum Gasteiger partial charge on any atom is 0.203 e. The van der Waals surface area contributed by atoms with Gasteiger partial charge in [-0.3, -0.25) is 10.00 Å². The number of aromatic nitrogens is 2. The molecule has 2 aromatic rings. The van der Waals surface area contributed by atoms with E-state index in [1.54, 1.807) is 21.3 Å². The molecule has 1 N–H and O–H groups in total. The lowest BCUT2D eigenvalue weighted by atomic mass is 9.92. The number of hydrogen-bond donors (Lipinski definition) is 1. The number of hydrogen-bond acceptors (Lipinski definition) is 5. The minimum atomic E-state index is 0.502. The molecule has 0 unspecified atom stereocenters. The Balaban J connectivity index is 1.79. The first-order chi connectivity index (χ1) is 12.2. The van der Waals surface area contributed by atoms with Gasteiger partial charge in [-0.15, -0.1) is 0 Å². The normalized spacial score (nSPS) is 18.2. The minimum absolute atomic E-state index is 0.502. The summed E-state index contributed by atoms with van der Waals surface area (Å²) in [5.74, 6) is 2.59. The number of aromatic amines is 1. The highest BCUT2D eigenvalue weighted by atomic mass is 16.5. The largest absolute Gasteiger partial charge is 0.493 e. The van der Waals surface area contributed by atoms with E-state index in [0.29, 0.717) is 17.4 Å². The van der Waals surface area contributed by atoms with Gasteiger partial charge < -0.3 is 14.2 Å². The van der Waals surface area contributed by atoms with E-state index in [4.69, 9.17) is 14.2 Å². The van der Waals surface area contributed by atoms with Crippen molar-refractivity contribution in [1.29, 1.82) is 0 Å². The van der Waals surface area contributed by atoms with Crippen molar-refractivity contribution in [3.8, 4) is 17.2 Å². The van der Waals surface area contributed by atoms with Gasteiger partial charge in [0.15, 0.2) is 11.5 Å². The van der Waals surface area contributed by atoms with Crippen molar-refractivity contribution in [2.24, 2.45) is 0 Å². The first kappa shape index (κ1) is 17.6. The van der Waals surface area contributed by atoms with Gasteiger partial charge in [-0.2, -0.15) is 5.10 Å². The summed E-state index contributed by atoms with van der Waals surface area (Å²) in [7, 11) is 4.95. The maximum absolute atomic E-state index is 5.62. The summed E-state index contributed by atoms with van der Waals surface area (Å²) in [5.41, 5.74) is 3.63. The molecule has 1 aliphatic heterocycles. The number of nitrogens with one attached hydrogen (secondary N) is 1. The van der Waals surface area contributed by atoms with Gasteiger partial charge in [0.25, 0.3) is 0 Å². The zero-order valence-electron chi connectivity index (χ0n) is 15.5. The van der Waals surface area contributed by atoms with Crippen molar-refractivity contribution in [2.75, 3.05) is 34.4 Å². The molecule has 1 saturated heterocycles. The van der Waals surface area contributed by atoms with Crippen LogP contribution in [0.1, 0.15) is 35.6 Å². The first-order valence-corrected chi connectivity index (χ1v) is 8.68. The highest BCUT2D eigenvalue weighted by Gasteiger charge is 2.25. The van der Waals surface area contributed by atoms with Crippen LogP contribution in [-0.2, 0) is 6.54 Å². The molecular weight excluding hydrogens is 318 g/mol. The molecule has 2 heterocycles. The fraction of sp³-hybridized carbons (Fsp3) is 0.526. The third-order valence-electron chi connectivity index (χ3n) is 4.96. The van der Waals surface area contributed by atoms with Gasteiger partial charge in [0, 0.05) is 30.3 Å². The number of aryl methyl sites for hydroxylation is 1. The standard InChI is InChI=1S/C19H27N3O3/c1-13-10-20-21-17(13)14-6-5-9-22(11-14)12-15-7-8-16(23-2)19(25-4)18(15)24-3/h7-8,10,14H,5-6,9,11-12H2,1-4H3,(H,20,21)/t14-/m1/s1. The molecule has 0 saturated carbocycles. The number of piperidine rings is 1. The first-order valence-electron chi connectivity index (χ1n) is 8.68. The van der Waals surface area contributed by atoms with Crippen LogP contribution in [0.4, 0.5) is 0 Å². The number of ether oxygens (including phenoxy) is 3. The molecule has 0 spiro atoms. The molecule has 0 aliphatic carbocycles. The number of methoxy groups -OCH3 is 3. The summed E-state index contributed by atoms with van der Waals surface area (Å²) < 4.78 is 16.5. The Kier molecular flexibility index (Phi) is 5.48. The summed E-state index contributed by atoms with van der Waals surface area (Å²) in [6.45, 7) is 5.05. The number of likely N-dealkylation sites (tertiary alicyclic amines) is 1. The monoisotopic (exact) mass is 345 g/mol. The van der Waals surface area contributed by atoms with Gasteiger partial charge in [-0.1, -0.05) is 6.07 Å². The van der Waals surface area contributed by atoms with Crippen molar-refractivity contribution in [2.45, 2.75) is 32.2 Å². The van der Waals surface area contributed by atoms with Gasteiger partial charge in [-0.25, -0.2) is 0 Å². The third kappa shape index (κ3) is 3.58. The van der Waals surface area contributed by atoms with Crippen molar-refractivity contribution in [3.63, 3.8) is 0 Å². The third-order valence-corrected chi connectivity index (χ3v) is 4.96. The van der Waals surface area contributed by atoms with Crippen LogP contribution in [0, 0.1) is 6.92 Å². The topological polar surface area (TPSA) is 59.6 Å². The van der Waals surface area contributed by atoms with Crippen LogP contribution in [0.25, 0.3) is 0 Å². The Morgan fingerprint density at radius 3 is 2.60 bits per heavy atom. The second kappa shape index (κ2) is 7.78. The van der Waals surface area contributed by atoms with Crippen LogP contribution < -0.4 is 14.2 Å². The predicted octanol–water partition coefficient (Wildman–Crippen LogP) is 3.12. The van der Waals surface area contributed by atoms with E-state index in [0.717, 1.165) is 30.9 Å². The molecule has 1 aliphatic rings. The Labute approximate surface area is 149 Å². The maximum atomic E-state index is 5.62. The number of nitrogens with zero attached hydrogens (tertiary/aromatic N) is 2. The van der Waals surface area contributed by atoms with Crippen molar-refractivity contribution in [1.82, 2.24) is 15.1 Å². The van der Waals surface area contributed by atoms with Gasteiger partial charge in [-0.05, 0) is 37.9 Å². The summed E-state index contributed by atoms with van der Waals surface area (Å²) in [6, 6.07) is 4.00. The van der Waals surface area contributed by atoms with Crippen molar-refractivity contribution in [3.05, 3.63) is 35.2 Å². The Bertz CT molecular complexity index is 714. The molecule has 0 radical (unpaired) electrons. The molecule has 1 aromatic heterocycles. The molecule has 6 nitrogen and oxygen atoms in total. The zero-order valence-corrected chi connectivity index (χ0v) is 15.5. The number of rotatable bonds is 6. The highest BCUT2D eigenvalue weighted by molar-refractivity contribution is 5.55. The van der Waals surface area contributed by atoms with Crippen LogP contribution in [0.15, 0.2) is 18.3 Å². The van der Waals surface area contributed by atoms with E-state index < -0.39 is 0 Å². The van der Waals surface area contributed by atoms with E-state index in [2.05, 4.69) is 28.1 Å². The molecule has 1 aromatic carbocycles. The van der Waals surface area contributed by atoms with Crippen LogP contribution in [-0.4, -0.2) is 49.5 Å². The van der Waals surface area contributed by atoms with Gasteiger partial charge in [0.05, 0.1) is 27.5 Å². The fourth-order valence-corrected chi connectivity index (χ4v) is 3.73. The van der Waals surface area contributed by atoms with Crippen LogP contribution in [0.5, 0.6) is 17.2 Å². The van der Waals surface area contributed by atoms with Gasteiger partial charge in [0.1, 0.15) is 0 Å². The van der Waals surface area contributed by atoms with Gasteiger partial charge in [0.2, 0.25) is 5.75 Å². The van der Waals surface area contributed by atoms with Crippen LogP contribution in [0.2, 0.25) is 0 Å². The SMILES string of the molecule is COc1ccc(CN2CCC[C@@H](c3[nH]ncc3C)C2)c(OC)c1OC. The number of H-pyrrole nitrogens is 1. The molecule has 25 heavy (non-hydrogen) atoms. The second-order valence-electron chi connectivity index (χ2n) is 6.53. The summed E-state index contributed by atoms with van der Waals surface area (Å²) in [4.78, 5) is 2.47. The lowest BCUT2D eigenvalue weighted by Crippen LogP contribution is -2.34. The second-order valence-corrected chi connectivity index (χ2v) is 6.53. The fourth-order valence-electron chi connectivity index (χ4n) is 3.73. The Hall–Kier alpha value is -2.21.